The van der Waals surface area contributed by atoms with E-state index < -0.39 is 5.60 Å². The summed E-state index contributed by atoms with van der Waals surface area (Å²) in [4.78, 5) is 14.0. The standard InChI is InChI=1S/C18H24N2O2/c1-18(2,3)22-17(21)20-10-9-14(12-20)16-11-13-7-5-6-8-15(13)19(16)4/h5-8,11,14H,9-10,12H2,1-4H3. The molecule has 1 atom stereocenters. The number of fused-ring (bicyclic) bond motifs is 1. The van der Waals surface area contributed by atoms with Gasteiger partial charge in [-0.05, 0) is 44.7 Å². The molecule has 118 valence electrons. The SMILES string of the molecule is Cn1c(C2CCN(C(=O)OC(C)(C)C)C2)cc2ccccc21. The van der Waals surface area contributed by atoms with E-state index in [-0.39, 0.29) is 6.09 Å². The van der Waals surface area contributed by atoms with E-state index in [1.54, 1.807) is 0 Å². The van der Waals surface area contributed by atoms with Gasteiger partial charge >= 0.3 is 6.09 Å². The van der Waals surface area contributed by atoms with Crippen molar-refractivity contribution in [2.24, 2.45) is 7.05 Å². The normalized spacial score (nSPS) is 18.9. The van der Waals surface area contributed by atoms with Crippen LogP contribution in [0.15, 0.2) is 30.3 Å². The van der Waals surface area contributed by atoms with Crippen LogP contribution < -0.4 is 0 Å². The Morgan fingerprint density at radius 3 is 2.68 bits per heavy atom. The maximum Gasteiger partial charge on any atom is 0.410 e. The molecule has 1 fully saturated rings. The third kappa shape index (κ3) is 2.82. The number of hydrogen-bond donors (Lipinski definition) is 0. The Morgan fingerprint density at radius 2 is 2.00 bits per heavy atom. The maximum atomic E-state index is 12.2. The summed E-state index contributed by atoms with van der Waals surface area (Å²) in [5.41, 5.74) is 2.11. The molecule has 0 spiro atoms. The second kappa shape index (κ2) is 5.34. The lowest BCUT2D eigenvalue weighted by Crippen LogP contribution is -2.35. The second-order valence-corrected chi connectivity index (χ2v) is 7.10. The zero-order valence-corrected chi connectivity index (χ0v) is 13.8. The van der Waals surface area contributed by atoms with Crippen molar-refractivity contribution < 1.29 is 9.53 Å². The monoisotopic (exact) mass is 300 g/mol. The summed E-state index contributed by atoms with van der Waals surface area (Å²) in [6, 6.07) is 10.7. The third-order valence-electron chi connectivity index (χ3n) is 4.25. The van der Waals surface area contributed by atoms with Gasteiger partial charge in [-0.1, -0.05) is 18.2 Å². The molecular formula is C18H24N2O2. The minimum absolute atomic E-state index is 0.200. The van der Waals surface area contributed by atoms with Crippen molar-refractivity contribution >= 4 is 17.0 Å². The van der Waals surface area contributed by atoms with Gasteiger partial charge < -0.3 is 14.2 Å². The summed E-state index contributed by atoms with van der Waals surface area (Å²) < 4.78 is 7.72. The average Bonchev–Trinajstić information content (AvgIpc) is 3.03. The number of benzene rings is 1. The first-order valence-corrected chi connectivity index (χ1v) is 7.87. The summed E-state index contributed by atoms with van der Waals surface area (Å²) in [6.45, 7) is 7.22. The first-order chi connectivity index (χ1) is 10.3. The van der Waals surface area contributed by atoms with Gasteiger partial charge in [0.05, 0.1) is 0 Å². The Labute approximate surface area is 131 Å². The van der Waals surface area contributed by atoms with E-state index in [1.807, 2.05) is 25.7 Å². The number of hydrogen-bond acceptors (Lipinski definition) is 2. The Morgan fingerprint density at radius 1 is 1.27 bits per heavy atom. The van der Waals surface area contributed by atoms with Gasteiger partial charge in [0.1, 0.15) is 5.60 Å². The van der Waals surface area contributed by atoms with Crippen molar-refractivity contribution in [1.82, 2.24) is 9.47 Å². The number of aryl methyl sites for hydroxylation is 1. The highest BCUT2D eigenvalue weighted by Gasteiger charge is 2.31. The van der Waals surface area contributed by atoms with Crippen LogP contribution in [-0.4, -0.2) is 34.3 Å². The molecule has 0 bridgehead atoms. The molecule has 1 saturated heterocycles. The van der Waals surface area contributed by atoms with Gasteiger partial charge in [-0.15, -0.1) is 0 Å². The minimum Gasteiger partial charge on any atom is -0.444 e. The van der Waals surface area contributed by atoms with Gasteiger partial charge in [0.15, 0.2) is 0 Å². The van der Waals surface area contributed by atoms with E-state index >= 15 is 0 Å². The van der Waals surface area contributed by atoms with Crippen LogP contribution in [0.25, 0.3) is 10.9 Å². The summed E-state index contributed by atoms with van der Waals surface area (Å²) in [6.07, 6.45) is 0.789. The van der Waals surface area contributed by atoms with Gasteiger partial charge in [-0.3, -0.25) is 0 Å². The highest BCUT2D eigenvalue weighted by Crippen LogP contribution is 2.31. The maximum absolute atomic E-state index is 12.2. The number of nitrogens with zero attached hydrogens (tertiary/aromatic N) is 2. The van der Waals surface area contributed by atoms with Crippen molar-refractivity contribution in [1.29, 1.82) is 0 Å². The molecule has 2 heterocycles. The Balaban J connectivity index is 1.77. The predicted octanol–water partition coefficient (Wildman–Crippen LogP) is 3.90. The molecule has 22 heavy (non-hydrogen) atoms. The molecule has 0 aliphatic carbocycles. The van der Waals surface area contributed by atoms with Crippen LogP contribution in [0.1, 0.15) is 38.8 Å². The quantitative estimate of drug-likeness (QED) is 0.800. The fourth-order valence-corrected chi connectivity index (χ4v) is 3.20. The Hall–Kier alpha value is -1.97. The van der Waals surface area contributed by atoms with Crippen LogP contribution in [-0.2, 0) is 11.8 Å². The van der Waals surface area contributed by atoms with Crippen LogP contribution in [0.2, 0.25) is 0 Å². The van der Waals surface area contributed by atoms with E-state index in [2.05, 4.69) is 41.9 Å². The fraction of sp³-hybridized carbons (Fsp3) is 0.500. The van der Waals surface area contributed by atoms with Crippen LogP contribution in [0.3, 0.4) is 0 Å². The van der Waals surface area contributed by atoms with Crippen LogP contribution in [0.5, 0.6) is 0 Å². The molecule has 1 aliphatic heterocycles. The van der Waals surface area contributed by atoms with Crippen LogP contribution >= 0.6 is 0 Å². The number of carbonyl (C=O) groups is 1. The predicted molar refractivity (Wildman–Crippen MR) is 88.1 cm³/mol. The molecule has 4 nitrogen and oxygen atoms in total. The first-order valence-electron chi connectivity index (χ1n) is 7.87. The molecule has 1 aliphatic rings. The number of aromatic nitrogens is 1. The molecule has 1 aromatic carbocycles. The van der Waals surface area contributed by atoms with E-state index in [0.29, 0.717) is 5.92 Å². The van der Waals surface area contributed by atoms with Crippen molar-refractivity contribution in [2.45, 2.75) is 38.7 Å². The number of para-hydroxylation sites is 1. The van der Waals surface area contributed by atoms with Crippen LogP contribution in [0, 0.1) is 0 Å². The molecule has 1 aromatic heterocycles. The van der Waals surface area contributed by atoms with E-state index in [0.717, 1.165) is 19.5 Å². The van der Waals surface area contributed by atoms with E-state index in [4.69, 9.17) is 4.74 Å². The smallest absolute Gasteiger partial charge is 0.410 e. The Kier molecular flexibility index (Phi) is 3.63. The largest absolute Gasteiger partial charge is 0.444 e. The molecule has 4 heteroatoms. The van der Waals surface area contributed by atoms with Gasteiger partial charge in [-0.2, -0.15) is 0 Å². The lowest BCUT2D eigenvalue weighted by atomic mass is 10.0. The van der Waals surface area contributed by atoms with E-state index in [1.165, 1.54) is 16.6 Å². The average molecular weight is 300 g/mol. The molecule has 1 unspecified atom stereocenters. The molecule has 0 saturated carbocycles. The van der Waals surface area contributed by atoms with Crippen molar-refractivity contribution in [3.8, 4) is 0 Å². The Bertz CT molecular complexity index is 697. The second-order valence-electron chi connectivity index (χ2n) is 7.10. The zero-order valence-electron chi connectivity index (χ0n) is 13.8. The van der Waals surface area contributed by atoms with Crippen molar-refractivity contribution in [2.75, 3.05) is 13.1 Å². The molecule has 2 aromatic rings. The highest BCUT2D eigenvalue weighted by molar-refractivity contribution is 5.81. The lowest BCUT2D eigenvalue weighted by Gasteiger charge is -2.24. The van der Waals surface area contributed by atoms with Gasteiger partial charge in [0.25, 0.3) is 0 Å². The van der Waals surface area contributed by atoms with Gasteiger partial charge in [-0.25, -0.2) is 4.79 Å². The molecule has 0 radical (unpaired) electrons. The van der Waals surface area contributed by atoms with Crippen molar-refractivity contribution in [3.05, 3.63) is 36.0 Å². The molecular weight excluding hydrogens is 276 g/mol. The first kappa shape index (κ1) is 14.9. The van der Waals surface area contributed by atoms with E-state index in [9.17, 15) is 4.79 Å². The number of likely N-dealkylation sites (tertiary alicyclic amines) is 1. The molecule has 3 rings (SSSR count). The van der Waals surface area contributed by atoms with Gasteiger partial charge in [0, 0.05) is 37.3 Å². The number of amides is 1. The summed E-state index contributed by atoms with van der Waals surface area (Å²) in [5, 5.41) is 1.26. The van der Waals surface area contributed by atoms with Crippen molar-refractivity contribution in [3.63, 3.8) is 0 Å². The lowest BCUT2D eigenvalue weighted by molar-refractivity contribution is 0.0292. The van der Waals surface area contributed by atoms with Gasteiger partial charge in [0.2, 0.25) is 0 Å². The fourth-order valence-electron chi connectivity index (χ4n) is 3.20. The highest BCUT2D eigenvalue weighted by atomic mass is 16.6. The number of ether oxygens (including phenoxy) is 1. The van der Waals surface area contributed by atoms with Crippen LogP contribution in [0.4, 0.5) is 4.79 Å². The topological polar surface area (TPSA) is 34.5 Å². The minimum atomic E-state index is -0.436. The number of carbonyl (C=O) groups excluding carboxylic acids is 1. The summed E-state index contributed by atoms with van der Waals surface area (Å²) in [5.74, 6) is 0.380. The molecule has 1 amide bonds. The number of rotatable bonds is 1. The summed E-state index contributed by atoms with van der Waals surface area (Å²) in [7, 11) is 2.10. The molecule has 0 N–H and O–H groups in total. The summed E-state index contributed by atoms with van der Waals surface area (Å²) >= 11 is 0. The zero-order chi connectivity index (χ0) is 15.9. The third-order valence-corrected chi connectivity index (χ3v) is 4.25.